The van der Waals surface area contributed by atoms with Crippen molar-refractivity contribution in [2.45, 2.75) is 19.8 Å². The van der Waals surface area contributed by atoms with E-state index in [4.69, 9.17) is 10.5 Å². The molecular weight excluding hydrogens is 428 g/mol. The van der Waals surface area contributed by atoms with E-state index in [1.165, 1.54) is 11.1 Å². The maximum Gasteiger partial charge on any atom is 0.248 e. The summed E-state index contributed by atoms with van der Waals surface area (Å²) in [6, 6.07) is 14.1. The number of hydrogen-bond donors (Lipinski definition) is 2. The highest BCUT2D eigenvalue weighted by molar-refractivity contribution is 6.00. The molecule has 0 bridgehead atoms. The van der Waals surface area contributed by atoms with Gasteiger partial charge in [-0.2, -0.15) is 5.10 Å². The summed E-state index contributed by atoms with van der Waals surface area (Å²) in [5, 5.41) is 11.1. The third-order valence-electron chi connectivity index (χ3n) is 6.98. The maximum absolute atomic E-state index is 11.9. The summed E-state index contributed by atoms with van der Waals surface area (Å²) in [5.74, 6) is 0.534. The number of primary amides is 1. The van der Waals surface area contributed by atoms with Crippen LogP contribution in [0.15, 0.2) is 48.7 Å². The minimum Gasteiger partial charge on any atom is -0.492 e. The van der Waals surface area contributed by atoms with E-state index in [9.17, 15) is 4.79 Å². The van der Waals surface area contributed by atoms with Crippen molar-refractivity contribution in [3.8, 4) is 17.1 Å². The molecule has 1 aliphatic carbocycles. The normalized spacial score (nSPS) is 15.3. The topological polar surface area (TPSA) is 92.4 Å². The van der Waals surface area contributed by atoms with Crippen LogP contribution in [0.5, 0.6) is 5.75 Å². The molecule has 0 saturated carbocycles. The number of anilines is 1. The Morgan fingerprint density at radius 2 is 1.94 bits per heavy atom. The molecule has 3 N–H and O–H groups in total. The summed E-state index contributed by atoms with van der Waals surface area (Å²) in [4.78, 5) is 14.3. The molecule has 0 radical (unpaired) electrons. The highest BCUT2D eigenvalue weighted by Crippen LogP contribution is 2.40. The zero-order valence-corrected chi connectivity index (χ0v) is 19.3. The predicted octanol–water partition coefficient (Wildman–Crippen LogP) is 3.09. The van der Waals surface area contributed by atoms with Gasteiger partial charge in [0.05, 0.1) is 48.5 Å². The van der Waals surface area contributed by atoms with Crippen molar-refractivity contribution in [2.75, 3.05) is 42.7 Å². The number of benzene rings is 2. The van der Waals surface area contributed by atoms with Gasteiger partial charge in [-0.15, -0.1) is 0 Å². The minimum atomic E-state index is -0.400. The first-order valence-electron chi connectivity index (χ1n) is 11.9. The van der Waals surface area contributed by atoms with Gasteiger partial charge in [0, 0.05) is 24.0 Å². The summed E-state index contributed by atoms with van der Waals surface area (Å²) in [6.45, 7) is 6.15. The van der Waals surface area contributed by atoms with Crippen molar-refractivity contribution in [1.29, 1.82) is 0 Å². The standard InChI is InChI=1S/C26H28N6O2/c1-2-34-23-6-4-3-5-22(23)30-11-13-31(14-12-30)32-21-10-8-17(26(27)33)15-20(21)19-9-7-18-16-28-29-24(18)25(19)32/h3-6,8,10,15-16H,2,7,9,11-14H2,1H3,(H2,27,33)(H,28,29). The van der Waals surface area contributed by atoms with Crippen LogP contribution in [-0.4, -0.2) is 53.6 Å². The van der Waals surface area contributed by atoms with Crippen molar-refractivity contribution >= 4 is 22.5 Å². The predicted molar refractivity (Wildman–Crippen MR) is 133 cm³/mol. The molecule has 6 rings (SSSR count). The number of para-hydroxylation sites is 2. The lowest BCUT2D eigenvalue weighted by Gasteiger charge is -2.39. The number of aryl methyl sites for hydroxylation is 2. The molecule has 0 spiro atoms. The van der Waals surface area contributed by atoms with Gasteiger partial charge in [-0.1, -0.05) is 12.1 Å². The first-order chi connectivity index (χ1) is 16.7. The summed E-state index contributed by atoms with van der Waals surface area (Å²) in [6.07, 6.45) is 3.77. The highest BCUT2D eigenvalue weighted by Gasteiger charge is 2.30. The molecule has 174 valence electrons. The Labute approximate surface area is 197 Å². The number of nitrogens with zero attached hydrogens (tertiary/aromatic N) is 4. The largest absolute Gasteiger partial charge is 0.492 e. The van der Waals surface area contributed by atoms with E-state index in [-0.39, 0.29) is 0 Å². The minimum absolute atomic E-state index is 0.400. The zero-order valence-electron chi connectivity index (χ0n) is 19.3. The number of hydrogen-bond acceptors (Lipinski definition) is 5. The second-order valence-corrected chi connectivity index (χ2v) is 8.85. The molecule has 2 aromatic carbocycles. The number of nitrogens with one attached hydrogen (secondary N) is 1. The van der Waals surface area contributed by atoms with Crippen LogP contribution in [0.25, 0.3) is 22.3 Å². The van der Waals surface area contributed by atoms with E-state index in [1.807, 2.05) is 43.5 Å². The third-order valence-corrected chi connectivity index (χ3v) is 6.98. The highest BCUT2D eigenvalue weighted by atomic mass is 16.5. The van der Waals surface area contributed by atoms with Gasteiger partial charge in [-0.05, 0) is 61.2 Å². The number of carbonyl (C=O) groups excluding carboxylic acids is 1. The van der Waals surface area contributed by atoms with E-state index in [2.05, 4.69) is 36.9 Å². The van der Waals surface area contributed by atoms with Crippen molar-refractivity contribution in [2.24, 2.45) is 5.73 Å². The molecule has 1 fully saturated rings. The summed E-state index contributed by atoms with van der Waals surface area (Å²) in [5.41, 5.74) is 13.1. The van der Waals surface area contributed by atoms with Gasteiger partial charge in [0.1, 0.15) is 5.75 Å². The quantitative estimate of drug-likeness (QED) is 0.482. The smallest absolute Gasteiger partial charge is 0.248 e. The Kier molecular flexibility index (Phi) is 4.94. The number of nitrogens with two attached hydrogens (primary N) is 1. The van der Waals surface area contributed by atoms with Crippen LogP contribution < -0.4 is 20.4 Å². The van der Waals surface area contributed by atoms with E-state index in [0.29, 0.717) is 12.2 Å². The average molecular weight is 457 g/mol. The Morgan fingerprint density at radius 1 is 1.12 bits per heavy atom. The Morgan fingerprint density at radius 3 is 2.74 bits per heavy atom. The molecule has 8 heteroatoms. The fourth-order valence-electron chi connectivity index (χ4n) is 5.39. The summed E-state index contributed by atoms with van der Waals surface area (Å²) in [7, 11) is 0. The third kappa shape index (κ3) is 3.21. The lowest BCUT2D eigenvalue weighted by Crippen LogP contribution is -2.51. The molecule has 3 heterocycles. The molecule has 8 nitrogen and oxygen atoms in total. The molecule has 1 aliphatic heterocycles. The van der Waals surface area contributed by atoms with Gasteiger partial charge in [0.25, 0.3) is 0 Å². The Balaban J connectivity index is 1.39. The van der Waals surface area contributed by atoms with Crippen LogP contribution in [-0.2, 0) is 12.8 Å². The van der Waals surface area contributed by atoms with Crippen molar-refractivity contribution in [3.63, 3.8) is 0 Å². The van der Waals surface area contributed by atoms with Crippen LogP contribution in [0.2, 0.25) is 0 Å². The molecular formula is C26H28N6O2. The zero-order chi connectivity index (χ0) is 23.2. The number of fused-ring (bicyclic) bond motifs is 5. The number of carbonyl (C=O) groups is 1. The van der Waals surface area contributed by atoms with Gasteiger partial charge < -0.3 is 20.4 Å². The maximum atomic E-state index is 11.9. The molecule has 4 aromatic rings. The average Bonchev–Trinajstić information content (AvgIpc) is 3.47. The number of aromatic nitrogens is 3. The number of amides is 1. The van der Waals surface area contributed by atoms with Crippen LogP contribution in [0.4, 0.5) is 5.69 Å². The van der Waals surface area contributed by atoms with E-state index >= 15 is 0 Å². The number of ether oxygens (including phenoxy) is 1. The number of rotatable bonds is 5. The molecule has 1 amide bonds. The lowest BCUT2D eigenvalue weighted by molar-refractivity contribution is 0.100. The SMILES string of the molecule is CCOc1ccccc1N1CCN(n2c3c(c4cc(C(N)=O)ccc42)CCc2cn[nH]c2-3)CC1. The molecule has 0 unspecified atom stereocenters. The molecule has 1 saturated heterocycles. The van der Waals surface area contributed by atoms with E-state index < -0.39 is 5.91 Å². The van der Waals surface area contributed by atoms with Crippen LogP contribution in [0, 0.1) is 0 Å². The van der Waals surface area contributed by atoms with Gasteiger partial charge in [0.15, 0.2) is 0 Å². The Bertz CT molecular complexity index is 1380. The summed E-state index contributed by atoms with van der Waals surface area (Å²) < 4.78 is 8.20. The monoisotopic (exact) mass is 456 g/mol. The molecule has 2 aliphatic rings. The number of aromatic amines is 1. The molecule has 34 heavy (non-hydrogen) atoms. The molecule has 2 aromatic heterocycles. The number of piperazine rings is 1. The number of H-pyrrole nitrogens is 1. The van der Waals surface area contributed by atoms with Gasteiger partial charge in [0.2, 0.25) is 5.91 Å². The van der Waals surface area contributed by atoms with Crippen LogP contribution in [0.1, 0.15) is 28.4 Å². The lowest BCUT2D eigenvalue weighted by atomic mass is 9.93. The Hall–Kier alpha value is -3.94. The second kappa shape index (κ2) is 8.13. The van der Waals surface area contributed by atoms with E-state index in [1.54, 1.807) is 0 Å². The van der Waals surface area contributed by atoms with Gasteiger partial charge >= 0.3 is 0 Å². The fourth-order valence-corrected chi connectivity index (χ4v) is 5.39. The first-order valence-corrected chi connectivity index (χ1v) is 11.9. The van der Waals surface area contributed by atoms with Crippen LogP contribution >= 0.6 is 0 Å². The first kappa shape index (κ1) is 20.7. The van der Waals surface area contributed by atoms with Gasteiger partial charge in [-0.25, -0.2) is 0 Å². The molecule has 0 atom stereocenters. The van der Waals surface area contributed by atoms with Crippen LogP contribution in [0.3, 0.4) is 0 Å². The second-order valence-electron chi connectivity index (χ2n) is 8.85. The fraction of sp³-hybridized carbons (Fsp3) is 0.308. The van der Waals surface area contributed by atoms with Gasteiger partial charge in [-0.3, -0.25) is 14.6 Å². The van der Waals surface area contributed by atoms with Crippen molar-refractivity contribution in [1.82, 2.24) is 14.9 Å². The van der Waals surface area contributed by atoms with Crippen molar-refractivity contribution in [3.05, 3.63) is 65.4 Å². The summed E-state index contributed by atoms with van der Waals surface area (Å²) >= 11 is 0. The van der Waals surface area contributed by atoms with E-state index in [0.717, 1.165) is 72.7 Å². The van der Waals surface area contributed by atoms with Crippen molar-refractivity contribution < 1.29 is 9.53 Å².